The summed E-state index contributed by atoms with van der Waals surface area (Å²) >= 11 is 12.1. The molecule has 33 heavy (non-hydrogen) atoms. The third-order valence-electron chi connectivity index (χ3n) is 4.91. The first kappa shape index (κ1) is 24.2. The largest absolute Gasteiger partial charge is 0.493 e. The van der Waals surface area contributed by atoms with Crippen LogP contribution in [0.15, 0.2) is 72.3 Å². The molecular weight excluding hydrogens is 459 g/mol. The van der Waals surface area contributed by atoms with Crippen LogP contribution in [0.4, 0.5) is 0 Å². The Hall–Kier alpha value is -3.46. The molecule has 7 heteroatoms. The lowest BCUT2D eigenvalue weighted by Gasteiger charge is -2.14. The summed E-state index contributed by atoms with van der Waals surface area (Å²) in [4.78, 5) is 12.6. The molecule has 168 valence electrons. The zero-order valence-corrected chi connectivity index (χ0v) is 19.7. The molecule has 3 rings (SSSR count). The lowest BCUT2D eigenvalue weighted by molar-refractivity contribution is -0.117. The Kier molecular flexibility index (Phi) is 8.37. The van der Waals surface area contributed by atoms with Crippen LogP contribution in [0.5, 0.6) is 11.5 Å². The molecule has 0 aliphatic rings. The number of carbonyl (C=O) groups is 1. The van der Waals surface area contributed by atoms with Crippen LogP contribution < -0.4 is 14.8 Å². The third kappa shape index (κ3) is 6.52. The van der Waals surface area contributed by atoms with E-state index < -0.39 is 5.91 Å². The number of halogens is 2. The topological polar surface area (TPSA) is 71.3 Å². The second-order valence-corrected chi connectivity index (χ2v) is 8.05. The number of benzene rings is 3. The van der Waals surface area contributed by atoms with Crippen LogP contribution in [0.1, 0.15) is 29.7 Å². The van der Waals surface area contributed by atoms with Crippen molar-refractivity contribution in [1.29, 1.82) is 5.26 Å². The van der Waals surface area contributed by atoms with E-state index in [0.717, 1.165) is 11.1 Å². The van der Waals surface area contributed by atoms with E-state index in [0.29, 0.717) is 27.1 Å². The Labute approximate surface area is 203 Å². The first-order valence-electron chi connectivity index (χ1n) is 10.1. The fraction of sp³-hybridized carbons (Fsp3) is 0.154. The lowest BCUT2D eigenvalue weighted by atomic mass is 10.1. The van der Waals surface area contributed by atoms with Gasteiger partial charge in [-0.3, -0.25) is 4.79 Å². The Morgan fingerprint density at radius 3 is 2.52 bits per heavy atom. The zero-order chi connectivity index (χ0) is 23.8. The molecule has 1 N–H and O–H groups in total. The maximum atomic E-state index is 12.6. The Morgan fingerprint density at radius 2 is 1.85 bits per heavy atom. The van der Waals surface area contributed by atoms with Gasteiger partial charge in [0.25, 0.3) is 5.91 Å². The summed E-state index contributed by atoms with van der Waals surface area (Å²) in [5, 5.41) is 13.4. The number of hydrogen-bond donors (Lipinski definition) is 1. The molecule has 0 radical (unpaired) electrons. The van der Waals surface area contributed by atoms with Gasteiger partial charge >= 0.3 is 0 Å². The molecular formula is C26H22Cl2N2O3. The molecule has 3 aromatic carbocycles. The van der Waals surface area contributed by atoms with Crippen molar-refractivity contribution in [2.45, 2.75) is 19.6 Å². The fourth-order valence-corrected chi connectivity index (χ4v) is 3.57. The molecule has 0 aliphatic carbocycles. The molecule has 0 saturated heterocycles. The van der Waals surface area contributed by atoms with Crippen molar-refractivity contribution in [3.8, 4) is 17.6 Å². The SMILES string of the molecule is COc1cc(/C=C(/C#N)C(=O)N[C@@H](C)c2ccccc2)ccc1OCc1ccc(Cl)cc1Cl. The van der Waals surface area contributed by atoms with E-state index in [9.17, 15) is 10.1 Å². The van der Waals surface area contributed by atoms with Crippen molar-refractivity contribution < 1.29 is 14.3 Å². The number of rotatable bonds is 8. The van der Waals surface area contributed by atoms with Crippen LogP contribution in [0.3, 0.4) is 0 Å². The van der Waals surface area contributed by atoms with Crippen molar-refractivity contribution in [3.05, 3.63) is 99.0 Å². The maximum absolute atomic E-state index is 12.6. The number of hydrogen-bond acceptors (Lipinski definition) is 4. The first-order valence-corrected chi connectivity index (χ1v) is 10.9. The van der Waals surface area contributed by atoms with Gasteiger partial charge in [0.2, 0.25) is 0 Å². The van der Waals surface area contributed by atoms with Crippen molar-refractivity contribution in [3.63, 3.8) is 0 Å². The average molecular weight is 481 g/mol. The van der Waals surface area contributed by atoms with Gasteiger partial charge in [-0.05, 0) is 48.4 Å². The Balaban J connectivity index is 1.73. The molecule has 0 fully saturated rings. The molecule has 1 amide bonds. The van der Waals surface area contributed by atoms with Gasteiger partial charge in [-0.2, -0.15) is 5.26 Å². The molecule has 0 aliphatic heterocycles. The molecule has 0 aromatic heterocycles. The summed E-state index contributed by atoms with van der Waals surface area (Å²) in [5.74, 6) is 0.510. The van der Waals surface area contributed by atoms with Gasteiger partial charge in [0, 0.05) is 15.6 Å². The highest BCUT2D eigenvalue weighted by Crippen LogP contribution is 2.31. The Morgan fingerprint density at radius 1 is 1.09 bits per heavy atom. The summed E-state index contributed by atoms with van der Waals surface area (Å²) in [6.07, 6.45) is 1.51. The average Bonchev–Trinajstić information content (AvgIpc) is 2.82. The number of nitriles is 1. The normalized spacial score (nSPS) is 11.9. The maximum Gasteiger partial charge on any atom is 0.262 e. The number of methoxy groups -OCH3 is 1. The molecule has 0 saturated carbocycles. The molecule has 0 heterocycles. The van der Waals surface area contributed by atoms with E-state index >= 15 is 0 Å². The molecule has 3 aromatic rings. The smallest absolute Gasteiger partial charge is 0.262 e. The monoisotopic (exact) mass is 480 g/mol. The van der Waals surface area contributed by atoms with E-state index in [4.69, 9.17) is 32.7 Å². The third-order valence-corrected chi connectivity index (χ3v) is 5.50. The summed E-state index contributed by atoms with van der Waals surface area (Å²) in [5.41, 5.74) is 2.35. The standard InChI is InChI=1S/C26H22Cl2N2O3/c1-17(19-6-4-3-5-7-19)30-26(31)21(15-29)12-18-8-11-24(25(13-18)32-2)33-16-20-9-10-22(27)14-23(20)28/h3-14,17H,16H2,1-2H3,(H,30,31)/b21-12-/t17-/m0/s1. The van der Waals surface area contributed by atoms with Crippen LogP contribution >= 0.6 is 23.2 Å². The predicted molar refractivity (Wildman–Crippen MR) is 130 cm³/mol. The quantitative estimate of drug-likeness (QED) is 0.300. The van der Waals surface area contributed by atoms with Gasteiger partial charge in [0.15, 0.2) is 11.5 Å². The van der Waals surface area contributed by atoms with Gasteiger partial charge in [0.1, 0.15) is 18.2 Å². The van der Waals surface area contributed by atoms with E-state index in [2.05, 4.69) is 5.32 Å². The van der Waals surface area contributed by atoms with Crippen molar-refractivity contribution in [2.24, 2.45) is 0 Å². The fourth-order valence-electron chi connectivity index (χ4n) is 3.10. The van der Waals surface area contributed by atoms with E-state index in [-0.39, 0.29) is 18.2 Å². The summed E-state index contributed by atoms with van der Waals surface area (Å²) in [7, 11) is 1.52. The van der Waals surface area contributed by atoms with Crippen LogP contribution in [0.2, 0.25) is 10.0 Å². The van der Waals surface area contributed by atoms with Gasteiger partial charge in [0.05, 0.1) is 13.2 Å². The van der Waals surface area contributed by atoms with Crippen LogP contribution in [0, 0.1) is 11.3 Å². The number of amides is 1. The summed E-state index contributed by atoms with van der Waals surface area (Å²) in [6, 6.07) is 21.6. The minimum atomic E-state index is -0.453. The number of carbonyl (C=O) groups excluding carboxylic acids is 1. The number of nitrogens with one attached hydrogen (secondary N) is 1. The molecule has 0 spiro atoms. The van der Waals surface area contributed by atoms with Gasteiger partial charge in [-0.1, -0.05) is 65.7 Å². The van der Waals surface area contributed by atoms with Crippen molar-refractivity contribution in [2.75, 3.05) is 7.11 Å². The van der Waals surface area contributed by atoms with Gasteiger partial charge in [-0.25, -0.2) is 0 Å². The minimum absolute atomic E-state index is 0.0125. The first-order chi connectivity index (χ1) is 15.9. The second kappa shape index (κ2) is 11.4. The zero-order valence-electron chi connectivity index (χ0n) is 18.1. The van der Waals surface area contributed by atoms with Crippen LogP contribution in [-0.4, -0.2) is 13.0 Å². The van der Waals surface area contributed by atoms with Crippen molar-refractivity contribution >= 4 is 35.2 Å². The highest BCUT2D eigenvalue weighted by Gasteiger charge is 2.14. The van der Waals surface area contributed by atoms with E-state index in [1.807, 2.05) is 43.3 Å². The Bertz CT molecular complexity index is 1200. The van der Waals surface area contributed by atoms with E-state index in [1.165, 1.54) is 13.2 Å². The molecule has 1 atom stereocenters. The second-order valence-electron chi connectivity index (χ2n) is 7.21. The number of nitrogens with zero attached hydrogens (tertiary/aromatic N) is 1. The highest BCUT2D eigenvalue weighted by molar-refractivity contribution is 6.35. The minimum Gasteiger partial charge on any atom is -0.493 e. The molecule has 0 bridgehead atoms. The summed E-state index contributed by atoms with van der Waals surface area (Å²) < 4.78 is 11.3. The van der Waals surface area contributed by atoms with Crippen LogP contribution in [0.25, 0.3) is 6.08 Å². The van der Waals surface area contributed by atoms with Gasteiger partial charge < -0.3 is 14.8 Å². The summed E-state index contributed by atoms with van der Waals surface area (Å²) in [6.45, 7) is 2.09. The molecule has 5 nitrogen and oxygen atoms in total. The predicted octanol–water partition coefficient (Wildman–Crippen LogP) is 6.37. The van der Waals surface area contributed by atoms with Gasteiger partial charge in [-0.15, -0.1) is 0 Å². The number of ether oxygens (including phenoxy) is 2. The molecule has 0 unspecified atom stereocenters. The van der Waals surface area contributed by atoms with Crippen molar-refractivity contribution in [1.82, 2.24) is 5.32 Å². The van der Waals surface area contributed by atoms with E-state index in [1.54, 1.807) is 36.4 Å². The highest BCUT2D eigenvalue weighted by atomic mass is 35.5. The lowest BCUT2D eigenvalue weighted by Crippen LogP contribution is -2.27. The van der Waals surface area contributed by atoms with Crippen LogP contribution in [-0.2, 0) is 11.4 Å².